The van der Waals surface area contributed by atoms with E-state index < -0.39 is 0 Å². The molecule has 0 saturated carbocycles. The smallest absolute Gasteiger partial charge is 0.307 e. The molecule has 1 unspecified atom stereocenters. The van der Waals surface area contributed by atoms with Gasteiger partial charge in [-0.05, 0) is 13.3 Å². The summed E-state index contributed by atoms with van der Waals surface area (Å²) in [4.78, 5) is 13.1. The summed E-state index contributed by atoms with van der Waals surface area (Å²) in [5, 5.41) is 9.28. The van der Waals surface area contributed by atoms with E-state index in [4.69, 9.17) is 0 Å². The molecule has 4 heteroatoms. The summed E-state index contributed by atoms with van der Waals surface area (Å²) < 4.78 is 4.58. The van der Waals surface area contributed by atoms with Gasteiger partial charge in [-0.15, -0.1) is 0 Å². The topological polar surface area (TPSA) is 49.8 Å². The van der Waals surface area contributed by atoms with Gasteiger partial charge in [-0.2, -0.15) is 0 Å². The lowest BCUT2D eigenvalue weighted by molar-refractivity contribution is -0.141. The van der Waals surface area contributed by atoms with Crippen LogP contribution in [-0.2, 0) is 9.53 Å². The zero-order chi connectivity index (χ0) is 9.84. The highest BCUT2D eigenvalue weighted by molar-refractivity contribution is 5.69. The predicted octanol–water partition coefficient (Wildman–Crippen LogP) is 0.00460. The Morgan fingerprint density at radius 2 is 2.46 bits per heavy atom. The molecule has 1 heterocycles. The van der Waals surface area contributed by atoms with Gasteiger partial charge in [0.2, 0.25) is 0 Å². The number of aliphatic hydroxyl groups is 1. The van der Waals surface area contributed by atoms with E-state index in [2.05, 4.69) is 9.64 Å². The first kappa shape index (κ1) is 10.5. The van der Waals surface area contributed by atoms with E-state index in [1.54, 1.807) is 0 Å². The summed E-state index contributed by atoms with van der Waals surface area (Å²) in [5.74, 6) is -0.186. The summed E-state index contributed by atoms with van der Waals surface area (Å²) in [6, 6.07) is 0.171. The largest absolute Gasteiger partial charge is 0.469 e. The van der Waals surface area contributed by atoms with E-state index in [-0.39, 0.29) is 18.1 Å². The Labute approximate surface area is 78.5 Å². The van der Waals surface area contributed by atoms with Crippen molar-refractivity contribution >= 4 is 5.97 Å². The highest BCUT2D eigenvalue weighted by Gasteiger charge is 2.25. The van der Waals surface area contributed by atoms with E-state index in [0.717, 1.165) is 13.0 Å². The quantitative estimate of drug-likeness (QED) is 0.632. The van der Waals surface area contributed by atoms with Crippen LogP contribution in [0.3, 0.4) is 0 Å². The van der Waals surface area contributed by atoms with Gasteiger partial charge in [0.15, 0.2) is 0 Å². The fourth-order valence-corrected chi connectivity index (χ4v) is 1.62. The molecule has 0 aromatic rings. The number of esters is 1. The molecular formula is C9H17NO3. The van der Waals surface area contributed by atoms with Crippen molar-refractivity contribution in [2.45, 2.75) is 31.9 Å². The van der Waals surface area contributed by atoms with Crippen LogP contribution < -0.4 is 0 Å². The predicted molar refractivity (Wildman–Crippen MR) is 48.3 cm³/mol. The van der Waals surface area contributed by atoms with Crippen LogP contribution in [-0.4, -0.2) is 48.3 Å². The number of aliphatic hydroxyl groups excluding tert-OH is 1. The molecule has 0 amide bonds. The van der Waals surface area contributed by atoms with Gasteiger partial charge >= 0.3 is 5.97 Å². The van der Waals surface area contributed by atoms with Gasteiger partial charge in [-0.3, -0.25) is 9.69 Å². The Hall–Kier alpha value is -0.610. The minimum absolute atomic E-state index is 0.171. The third-order valence-electron chi connectivity index (χ3n) is 2.51. The zero-order valence-electron chi connectivity index (χ0n) is 8.19. The third kappa shape index (κ3) is 2.97. The fourth-order valence-electron chi connectivity index (χ4n) is 1.62. The molecule has 0 spiro atoms. The van der Waals surface area contributed by atoms with Crippen LogP contribution in [0.5, 0.6) is 0 Å². The Bertz CT molecular complexity index is 184. The number of methoxy groups -OCH3 is 1. The van der Waals surface area contributed by atoms with Gasteiger partial charge in [0.25, 0.3) is 0 Å². The van der Waals surface area contributed by atoms with Crippen molar-refractivity contribution in [2.24, 2.45) is 0 Å². The first-order valence-corrected chi connectivity index (χ1v) is 4.62. The normalized spacial score (nSPS) is 25.9. The van der Waals surface area contributed by atoms with E-state index in [9.17, 15) is 9.90 Å². The van der Waals surface area contributed by atoms with Gasteiger partial charge in [0.05, 0.1) is 19.6 Å². The number of nitrogens with zero attached hydrogens (tertiary/aromatic N) is 1. The molecule has 0 radical (unpaired) electrons. The first-order valence-electron chi connectivity index (χ1n) is 4.62. The van der Waals surface area contributed by atoms with Crippen molar-refractivity contribution in [2.75, 3.05) is 20.2 Å². The molecule has 2 atom stereocenters. The number of hydrogen-bond acceptors (Lipinski definition) is 4. The molecule has 1 aliphatic rings. The van der Waals surface area contributed by atoms with E-state index in [0.29, 0.717) is 13.0 Å². The molecule has 0 bridgehead atoms. The first-order chi connectivity index (χ1) is 6.13. The summed E-state index contributed by atoms with van der Waals surface area (Å²) >= 11 is 0. The Balaban J connectivity index is 2.31. The molecule has 1 aliphatic heterocycles. The Morgan fingerprint density at radius 3 is 2.92 bits per heavy atom. The summed E-state index contributed by atoms with van der Waals surface area (Å²) in [5.41, 5.74) is 0. The van der Waals surface area contributed by atoms with Crippen molar-refractivity contribution in [3.8, 4) is 0 Å². The number of rotatable bonds is 3. The van der Waals surface area contributed by atoms with Crippen LogP contribution in [0.4, 0.5) is 0 Å². The standard InChI is InChI=1S/C9H17NO3/c1-7(5-9(12)13-2)10-4-3-8(11)6-10/h7-8,11H,3-6H2,1-2H3/t7?,8-/m1/s1. The maximum atomic E-state index is 10.9. The molecule has 13 heavy (non-hydrogen) atoms. The number of hydrogen-bond donors (Lipinski definition) is 1. The lowest BCUT2D eigenvalue weighted by Gasteiger charge is -2.22. The molecule has 0 aromatic carbocycles. The highest BCUT2D eigenvalue weighted by atomic mass is 16.5. The van der Waals surface area contributed by atoms with Crippen LogP contribution in [0.25, 0.3) is 0 Å². The molecule has 1 saturated heterocycles. The average Bonchev–Trinajstić information content (AvgIpc) is 2.51. The van der Waals surface area contributed by atoms with Crippen LogP contribution >= 0.6 is 0 Å². The number of likely N-dealkylation sites (tertiary alicyclic amines) is 1. The van der Waals surface area contributed by atoms with E-state index in [1.165, 1.54) is 7.11 Å². The summed E-state index contributed by atoms with van der Waals surface area (Å²) in [6.45, 7) is 3.53. The second-order valence-electron chi connectivity index (χ2n) is 3.57. The summed E-state index contributed by atoms with van der Waals surface area (Å²) in [7, 11) is 1.40. The molecule has 1 fully saturated rings. The van der Waals surface area contributed by atoms with Crippen LogP contribution in [0, 0.1) is 0 Å². The minimum atomic E-state index is -0.222. The second kappa shape index (κ2) is 4.58. The van der Waals surface area contributed by atoms with Crippen molar-refractivity contribution in [3.63, 3.8) is 0 Å². The monoisotopic (exact) mass is 187 g/mol. The molecule has 1 N–H and O–H groups in total. The highest BCUT2D eigenvalue weighted by Crippen LogP contribution is 2.14. The Kier molecular flexibility index (Phi) is 3.69. The van der Waals surface area contributed by atoms with E-state index >= 15 is 0 Å². The lowest BCUT2D eigenvalue weighted by Crippen LogP contribution is -2.33. The minimum Gasteiger partial charge on any atom is -0.469 e. The number of carbonyl (C=O) groups is 1. The SMILES string of the molecule is COC(=O)CC(C)N1CC[C@@H](O)C1. The van der Waals surface area contributed by atoms with Gasteiger partial charge < -0.3 is 9.84 Å². The van der Waals surface area contributed by atoms with Gasteiger partial charge in [0.1, 0.15) is 0 Å². The lowest BCUT2D eigenvalue weighted by atomic mass is 10.2. The molecule has 0 aliphatic carbocycles. The summed E-state index contributed by atoms with van der Waals surface area (Å²) in [6.07, 6.45) is 0.995. The van der Waals surface area contributed by atoms with Crippen LogP contribution in [0.2, 0.25) is 0 Å². The molecule has 76 valence electrons. The number of β-amino-alcohol motifs (C(OH)–C–C–N with tert-alkyl or cyclic N) is 1. The van der Waals surface area contributed by atoms with Gasteiger partial charge in [0, 0.05) is 19.1 Å². The van der Waals surface area contributed by atoms with Crippen molar-refractivity contribution in [1.82, 2.24) is 4.90 Å². The average molecular weight is 187 g/mol. The van der Waals surface area contributed by atoms with Crippen molar-refractivity contribution < 1.29 is 14.6 Å². The van der Waals surface area contributed by atoms with Crippen molar-refractivity contribution in [3.05, 3.63) is 0 Å². The van der Waals surface area contributed by atoms with Crippen LogP contribution in [0.1, 0.15) is 19.8 Å². The van der Waals surface area contributed by atoms with Crippen LogP contribution in [0.15, 0.2) is 0 Å². The molecular weight excluding hydrogens is 170 g/mol. The third-order valence-corrected chi connectivity index (χ3v) is 2.51. The van der Waals surface area contributed by atoms with E-state index in [1.807, 2.05) is 6.92 Å². The molecule has 1 rings (SSSR count). The number of carbonyl (C=O) groups excluding carboxylic acids is 1. The number of ether oxygens (including phenoxy) is 1. The molecule has 4 nitrogen and oxygen atoms in total. The van der Waals surface area contributed by atoms with Gasteiger partial charge in [-0.1, -0.05) is 0 Å². The zero-order valence-corrected chi connectivity index (χ0v) is 8.19. The second-order valence-corrected chi connectivity index (χ2v) is 3.57. The van der Waals surface area contributed by atoms with Gasteiger partial charge in [-0.25, -0.2) is 0 Å². The maximum absolute atomic E-state index is 10.9. The van der Waals surface area contributed by atoms with Crippen molar-refractivity contribution in [1.29, 1.82) is 0 Å². The fraction of sp³-hybridized carbons (Fsp3) is 0.889. The Morgan fingerprint density at radius 1 is 1.77 bits per heavy atom. The molecule has 0 aromatic heterocycles. The maximum Gasteiger partial charge on any atom is 0.307 e.